The van der Waals surface area contributed by atoms with Crippen LogP contribution in [0.2, 0.25) is 6.32 Å². The smallest absolute Gasteiger partial charge is 0.196 e. The van der Waals surface area contributed by atoms with Gasteiger partial charge in [0.2, 0.25) is 0 Å². The molecule has 0 aromatic heterocycles. The fourth-order valence-corrected chi connectivity index (χ4v) is 3.57. The van der Waals surface area contributed by atoms with Crippen LogP contribution in [0.5, 0.6) is 0 Å². The second-order valence-corrected chi connectivity index (χ2v) is 5.39. The first-order chi connectivity index (χ1) is 4.85. The van der Waals surface area contributed by atoms with Crippen LogP contribution >= 0.6 is 23.2 Å². The maximum Gasteiger partial charge on any atom is 0.273 e. The van der Waals surface area contributed by atoms with Gasteiger partial charge in [-0.1, -0.05) is 33.5 Å². The van der Waals surface area contributed by atoms with Crippen molar-refractivity contribution in [2.45, 2.75) is 33.5 Å². The van der Waals surface area contributed by atoms with Gasteiger partial charge < -0.3 is 0 Å². The standard InChI is InChI=1S/C7H17BS2/c1-4-7-8(9-5-2)10-6-3/h4-7H2,1-3H3. The van der Waals surface area contributed by atoms with Gasteiger partial charge in [0, 0.05) is 0 Å². The zero-order valence-corrected chi connectivity index (χ0v) is 8.86. The van der Waals surface area contributed by atoms with Gasteiger partial charge in [0.1, 0.15) is 0 Å². The number of hydrogen-bond acceptors (Lipinski definition) is 2. The molecule has 0 amide bonds. The molecule has 0 unspecified atom stereocenters. The second kappa shape index (κ2) is 7.87. The Balaban J connectivity index is 3.30. The maximum atomic E-state index is 2.26. The molecule has 0 fully saturated rings. The molecule has 10 heavy (non-hydrogen) atoms. The molecule has 0 aliphatic rings. The van der Waals surface area contributed by atoms with Gasteiger partial charge in [-0.05, 0) is 11.5 Å². The number of hydrogen-bond donors (Lipinski definition) is 0. The molecule has 0 nitrogen and oxygen atoms in total. The van der Waals surface area contributed by atoms with Crippen LogP contribution < -0.4 is 0 Å². The fourth-order valence-electron chi connectivity index (χ4n) is 0.822. The van der Waals surface area contributed by atoms with E-state index in [4.69, 9.17) is 0 Å². The van der Waals surface area contributed by atoms with Gasteiger partial charge in [-0.15, -0.1) is 0 Å². The van der Waals surface area contributed by atoms with Gasteiger partial charge in [0.15, 0.2) is 0 Å². The third kappa shape index (κ3) is 5.54. The predicted molar refractivity (Wildman–Crippen MR) is 57.1 cm³/mol. The van der Waals surface area contributed by atoms with Crippen molar-refractivity contribution in [3.05, 3.63) is 0 Å². The minimum absolute atomic E-state index is 0.861. The van der Waals surface area contributed by atoms with Crippen molar-refractivity contribution in [1.29, 1.82) is 0 Å². The Kier molecular flexibility index (Phi) is 8.47. The predicted octanol–water partition coefficient (Wildman–Crippen LogP) is 3.39. The highest BCUT2D eigenvalue weighted by Gasteiger charge is 2.10. The lowest BCUT2D eigenvalue weighted by molar-refractivity contribution is 1.08. The summed E-state index contributed by atoms with van der Waals surface area (Å²) in [4.78, 5) is 0. The summed E-state index contributed by atoms with van der Waals surface area (Å²) < 4.78 is 0. The van der Waals surface area contributed by atoms with Crippen molar-refractivity contribution in [1.82, 2.24) is 0 Å². The van der Waals surface area contributed by atoms with Crippen LogP contribution in [-0.2, 0) is 0 Å². The molecule has 0 aromatic carbocycles. The molecule has 0 N–H and O–H groups in total. The normalized spacial score (nSPS) is 9.90. The average Bonchev–Trinajstić information content (AvgIpc) is 1.90. The van der Waals surface area contributed by atoms with Gasteiger partial charge in [0.25, 0.3) is 5.27 Å². The first kappa shape index (κ1) is 10.8. The monoisotopic (exact) mass is 176 g/mol. The Hall–Kier alpha value is 0.765. The van der Waals surface area contributed by atoms with Crippen LogP contribution in [0.25, 0.3) is 0 Å². The Morgan fingerprint density at radius 3 is 1.80 bits per heavy atom. The Morgan fingerprint density at radius 2 is 1.50 bits per heavy atom. The van der Waals surface area contributed by atoms with Crippen molar-refractivity contribution < 1.29 is 0 Å². The quantitative estimate of drug-likeness (QED) is 0.569. The van der Waals surface area contributed by atoms with E-state index >= 15 is 0 Å². The largest absolute Gasteiger partial charge is 0.273 e. The maximum absolute atomic E-state index is 2.26. The lowest BCUT2D eigenvalue weighted by Crippen LogP contribution is -2.02. The van der Waals surface area contributed by atoms with Gasteiger partial charge >= 0.3 is 0 Å². The molecule has 0 saturated carbocycles. The summed E-state index contributed by atoms with van der Waals surface area (Å²) >= 11 is 4.18. The molecule has 0 bridgehead atoms. The van der Waals surface area contributed by atoms with E-state index in [9.17, 15) is 0 Å². The van der Waals surface area contributed by atoms with E-state index in [2.05, 4.69) is 44.0 Å². The highest BCUT2D eigenvalue weighted by atomic mass is 32.2. The highest BCUT2D eigenvalue weighted by Crippen LogP contribution is 2.23. The Bertz CT molecular complexity index is 54.4. The molecule has 0 rings (SSSR count). The molecule has 0 aliphatic carbocycles. The number of rotatable bonds is 6. The van der Waals surface area contributed by atoms with E-state index in [1.54, 1.807) is 0 Å². The first-order valence-electron chi connectivity index (χ1n) is 4.08. The summed E-state index contributed by atoms with van der Waals surface area (Å²) in [6.07, 6.45) is 2.70. The van der Waals surface area contributed by atoms with Crippen molar-refractivity contribution in [2.75, 3.05) is 11.5 Å². The van der Waals surface area contributed by atoms with Gasteiger partial charge in [-0.3, -0.25) is 0 Å². The van der Waals surface area contributed by atoms with Gasteiger partial charge in [0.05, 0.1) is 0 Å². The van der Waals surface area contributed by atoms with Crippen LogP contribution in [0, 0.1) is 0 Å². The van der Waals surface area contributed by atoms with E-state index in [-0.39, 0.29) is 0 Å². The molecule has 60 valence electrons. The van der Waals surface area contributed by atoms with Crippen LogP contribution in [-0.4, -0.2) is 16.8 Å². The summed E-state index contributed by atoms with van der Waals surface area (Å²) in [5, 5.41) is 0.861. The molecular formula is C7H17BS2. The topological polar surface area (TPSA) is 0 Å². The Morgan fingerprint density at radius 1 is 1.00 bits per heavy atom. The van der Waals surface area contributed by atoms with Crippen LogP contribution in [0.15, 0.2) is 0 Å². The van der Waals surface area contributed by atoms with E-state index in [1.165, 1.54) is 24.2 Å². The lowest BCUT2D eigenvalue weighted by Gasteiger charge is -2.07. The van der Waals surface area contributed by atoms with Crippen molar-refractivity contribution in [3.63, 3.8) is 0 Å². The minimum atomic E-state index is 0.861. The van der Waals surface area contributed by atoms with Crippen LogP contribution in [0.3, 0.4) is 0 Å². The zero-order valence-electron chi connectivity index (χ0n) is 7.22. The second-order valence-electron chi connectivity index (χ2n) is 2.13. The summed E-state index contributed by atoms with van der Waals surface area (Å²) in [5.74, 6) is 2.52. The van der Waals surface area contributed by atoms with E-state index in [0.29, 0.717) is 0 Å². The van der Waals surface area contributed by atoms with E-state index in [1.807, 2.05) is 0 Å². The molecular weight excluding hydrogens is 159 g/mol. The molecule has 0 aromatic rings. The van der Waals surface area contributed by atoms with Gasteiger partial charge in [-0.25, -0.2) is 0 Å². The Labute approximate surface area is 73.8 Å². The minimum Gasteiger partial charge on any atom is -0.196 e. The molecule has 0 heterocycles. The fraction of sp³-hybridized carbons (Fsp3) is 1.00. The summed E-state index contributed by atoms with van der Waals surface area (Å²) in [7, 11) is 0. The van der Waals surface area contributed by atoms with Gasteiger partial charge in [-0.2, -0.15) is 23.2 Å². The van der Waals surface area contributed by atoms with E-state index in [0.717, 1.165) is 5.27 Å². The molecule has 0 saturated heterocycles. The summed E-state index contributed by atoms with van der Waals surface area (Å²) in [6.45, 7) is 6.74. The van der Waals surface area contributed by atoms with Crippen molar-refractivity contribution >= 4 is 28.5 Å². The zero-order chi connectivity index (χ0) is 7.82. The highest BCUT2D eigenvalue weighted by molar-refractivity contribution is 8.54. The lowest BCUT2D eigenvalue weighted by atomic mass is 9.99. The van der Waals surface area contributed by atoms with Crippen LogP contribution in [0.4, 0.5) is 0 Å². The molecule has 0 aliphatic heterocycles. The van der Waals surface area contributed by atoms with Crippen LogP contribution in [0.1, 0.15) is 27.2 Å². The van der Waals surface area contributed by atoms with E-state index < -0.39 is 0 Å². The third-order valence-electron chi connectivity index (χ3n) is 1.23. The molecule has 3 heteroatoms. The van der Waals surface area contributed by atoms with Crippen molar-refractivity contribution in [3.8, 4) is 0 Å². The molecule has 0 spiro atoms. The summed E-state index contributed by atoms with van der Waals surface area (Å²) in [5.41, 5.74) is 0. The third-order valence-corrected chi connectivity index (χ3v) is 3.93. The summed E-state index contributed by atoms with van der Waals surface area (Å²) in [6, 6.07) is 0. The molecule has 0 radical (unpaired) electrons. The first-order valence-corrected chi connectivity index (χ1v) is 6.18. The SMILES string of the molecule is CCCB(SCC)SCC. The van der Waals surface area contributed by atoms with Crippen molar-refractivity contribution in [2.24, 2.45) is 0 Å². The molecule has 0 atom stereocenters. The average molecular weight is 176 g/mol.